The smallest absolute Gasteiger partial charge is 0.328 e. The summed E-state index contributed by atoms with van der Waals surface area (Å²) in [5, 5.41) is 8.59. The highest BCUT2D eigenvalue weighted by molar-refractivity contribution is 9.10. The molecule has 0 aliphatic rings. The normalized spacial score (nSPS) is 10.6. The van der Waals surface area contributed by atoms with E-state index in [-0.39, 0.29) is 17.9 Å². The Hall–Kier alpha value is -0.880. The van der Waals surface area contributed by atoms with Gasteiger partial charge in [-0.1, -0.05) is 12.8 Å². The predicted molar refractivity (Wildman–Crippen MR) is 64.6 cm³/mol. The Morgan fingerprint density at radius 1 is 1.25 bits per heavy atom. The van der Waals surface area contributed by atoms with Crippen LogP contribution < -0.4 is 11.2 Å². The monoisotopic (exact) mass is 290 g/mol. The quantitative estimate of drug-likeness (QED) is 0.763. The third-order valence-electron chi connectivity index (χ3n) is 2.31. The minimum Gasteiger partial charge on any atom is -0.396 e. The molecule has 1 heterocycles. The number of nitrogens with zero attached hydrogens (tertiary/aromatic N) is 1. The predicted octanol–water partition coefficient (Wildman–Crippen LogP) is 0.852. The van der Waals surface area contributed by atoms with Crippen molar-refractivity contribution in [3.05, 3.63) is 31.5 Å². The Kier molecular flexibility index (Phi) is 5.48. The number of aromatic amines is 1. The van der Waals surface area contributed by atoms with E-state index in [1.165, 1.54) is 10.8 Å². The van der Waals surface area contributed by atoms with Gasteiger partial charge in [0.05, 0.1) is 4.47 Å². The maximum absolute atomic E-state index is 11.6. The van der Waals surface area contributed by atoms with Crippen molar-refractivity contribution in [1.82, 2.24) is 9.55 Å². The number of hydrogen-bond acceptors (Lipinski definition) is 3. The molecule has 0 aliphatic carbocycles. The van der Waals surface area contributed by atoms with Crippen LogP contribution in [0, 0.1) is 0 Å². The van der Waals surface area contributed by atoms with Crippen molar-refractivity contribution in [2.45, 2.75) is 32.2 Å². The van der Waals surface area contributed by atoms with Gasteiger partial charge in [0.2, 0.25) is 0 Å². The number of halogens is 1. The standard InChI is InChI=1S/C10H15BrN2O3/c11-8-7-12-10(16)13(9(8)15)5-3-1-2-4-6-14/h7,14H,1-6H2,(H,12,16). The molecule has 0 saturated heterocycles. The van der Waals surface area contributed by atoms with Gasteiger partial charge in [-0.25, -0.2) is 4.79 Å². The van der Waals surface area contributed by atoms with Crippen molar-refractivity contribution in [2.24, 2.45) is 0 Å². The van der Waals surface area contributed by atoms with Gasteiger partial charge in [0.25, 0.3) is 5.56 Å². The number of H-pyrrole nitrogens is 1. The van der Waals surface area contributed by atoms with Crippen LogP contribution in [-0.4, -0.2) is 21.3 Å². The van der Waals surface area contributed by atoms with E-state index in [0.717, 1.165) is 25.7 Å². The van der Waals surface area contributed by atoms with Gasteiger partial charge in [-0.3, -0.25) is 9.36 Å². The molecule has 0 fully saturated rings. The minimum absolute atomic E-state index is 0.192. The molecule has 0 radical (unpaired) electrons. The Labute approximate surface area is 101 Å². The first kappa shape index (κ1) is 13.2. The molecule has 0 atom stereocenters. The summed E-state index contributed by atoms with van der Waals surface area (Å²) < 4.78 is 1.55. The van der Waals surface area contributed by atoms with Gasteiger partial charge in [-0.15, -0.1) is 0 Å². The summed E-state index contributed by atoms with van der Waals surface area (Å²) in [4.78, 5) is 25.4. The van der Waals surface area contributed by atoms with Crippen LogP contribution in [0.5, 0.6) is 0 Å². The minimum atomic E-state index is -0.379. The van der Waals surface area contributed by atoms with Crippen LogP contribution in [0.1, 0.15) is 25.7 Å². The lowest BCUT2D eigenvalue weighted by Gasteiger charge is -2.04. The van der Waals surface area contributed by atoms with Crippen LogP contribution in [0.25, 0.3) is 0 Å². The zero-order valence-electron chi connectivity index (χ0n) is 8.91. The zero-order valence-corrected chi connectivity index (χ0v) is 10.5. The van der Waals surface area contributed by atoms with Crippen molar-refractivity contribution in [2.75, 3.05) is 6.61 Å². The van der Waals surface area contributed by atoms with E-state index >= 15 is 0 Å². The first-order valence-electron chi connectivity index (χ1n) is 5.25. The third kappa shape index (κ3) is 3.61. The summed E-state index contributed by atoms with van der Waals surface area (Å²) in [6, 6.07) is 0. The number of aromatic nitrogens is 2. The highest BCUT2D eigenvalue weighted by Crippen LogP contribution is 2.01. The van der Waals surface area contributed by atoms with Gasteiger partial charge in [-0.2, -0.15) is 0 Å². The fourth-order valence-corrected chi connectivity index (χ4v) is 1.75. The van der Waals surface area contributed by atoms with Gasteiger partial charge in [0.1, 0.15) is 0 Å². The van der Waals surface area contributed by atoms with E-state index in [0.29, 0.717) is 11.0 Å². The lowest BCUT2D eigenvalue weighted by Crippen LogP contribution is -2.35. The van der Waals surface area contributed by atoms with Gasteiger partial charge >= 0.3 is 5.69 Å². The van der Waals surface area contributed by atoms with Gasteiger partial charge < -0.3 is 10.1 Å². The first-order chi connectivity index (χ1) is 7.66. The Morgan fingerprint density at radius 3 is 2.62 bits per heavy atom. The molecule has 0 aliphatic heterocycles. The fourth-order valence-electron chi connectivity index (χ4n) is 1.42. The molecule has 2 N–H and O–H groups in total. The van der Waals surface area contributed by atoms with Crippen LogP contribution in [0.15, 0.2) is 20.3 Å². The van der Waals surface area contributed by atoms with Crippen LogP contribution in [0.4, 0.5) is 0 Å². The average molecular weight is 291 g/mol. The second-order valence-electron chi connectivity index (χ2n) is 3.54. The van der Waals surface area contributed by atoms with Crippen molar-refractivity contribution < 1.29 is 5.11 Å². The first-order valence-corrected chi connectivity index (χ1v) is 6.05. The topological polar surface area (TPSA) is 75.1 Å². The molecule has 0 unspecified atom stereocenters. The summed E-state index contributed by atoms with van der Waals surface area (Å²) in [6.07, 6.45) is 4.70. The van der Waals surface area contributed by atoms with Crippen LogP contribution in [0.2, 0.25) is 0 Å². The fraction of sp³-hybridized carbons (Fsp3) is 0.600. The van der Waals surface area contributed by atoms with Crippen LogP contribution in [0.3, 0.4) is 0 Å². The van der Waals surface area contributed by atoms with E-state index < -0.39 is 0 Å². The lowest BCUT2D eigenvalue weighted by molar-refractivity contribution is 0.282. The van der Waals surface area contributed by atoms with Gasteiger partial charge in [0.15, 0.2) is 0 Å². The second-order valence-corrected chi connectivity index (χ2v) is 4.39. The van der Waals surface area contributed by atoms with Gasteiger partial charge in [-0.05, 0) is 28.8 Å². The average Bonchev–Trinajstić information content (AvgIpc) is 2.28. The number of hydrogen-bond donors (Lipinski definition) is 2. The molecular formula is C10H15BrN2O3. The Balaban J connectivity index is 2.57. The summed E-state index contributed by atoms with van der Waals surface area (Å²) in [7, 11) is 0. The number of rotatable bonds is 6. The Morgan fingerprint density at radius 2 is 1.94 bits per heavy atom. The number of aliphatic hydroxyl groups is 1. The molecule has 16 heavy (non-hydrogen) atoms. The van der Waals surface area contributed by atoms with Crippen LogP contribution in [-0.2, 0) is 6.54 Å². The highest BCUT2D eigenvalue weighted by atomic mass is 79.9. The summed E-state index contributed by atoms with van der Waals surface area (Å²) in [5.41, 5.74) is -0.679. The van der Waals surface area contributed by atoms with Crippen molar-refractivity contribution in [1.29, 1.82) is 0 Å². The SMILES string of the molecule is O=c1[nH]cc(Br)c(=O)n1CCCCCCO. The van der Waals surface area contributed by atoms with Crippen LogP contribution >= 0.6 is 15.9 Å². The largest absolute Gasteiger partial charge is 0.396 e. The molecule has 6 heteroatoms. The zero-order chi connectivity index (χ0) is 12.0. The number of unbranched alkanes of at least 4 members (excludes halogenated alkanes) is 3. The number of aliphatic hydroxyl groups excluding tert-OH is 1. The molecule has 0 aromatic carbocycles. The van der Waals surface area contributed by atoms with E-state index in [4.69, 9.17) is 5.11 Å². The lowest BCUT2D eigenvalue weighted by atomic mass is 10.2. The summed E-state index contributed by atoms with van der Waals surface area (Å²) >= 11 is 3.08. The van der Waals surface area contributed by atoms with Gasteiger partial charge in [0, 0.05) is 19.3 Å². The Bertz CT molecular complexity index is 438. The summed E-state index contributed by atoms with van der Waals surface area (Å²) in [5.74, 6) is 0. The maximum Gasteiger partial charge on any atom is 0.328 e. The van der Waals surface area contributed by atoms with Crippen molar-refractivity contribution in [3.63, 3.8) is 0 Å². The van der Waals surface area contributed by atoms with E-state index in [1.807, 2.05) is 0 Å². The maximum atomic E-state index is 11.6. The third-order valence-corrected chi connectivity index (χ3v) is 2.87. The molecular weight excluding hydrogens is 276 g/mol. The van der Waals surface area contributed by atoms with E-state index in [1.54, 1.807) is 0 Å². The molecule has 0 saturated carbocycles. The second kappa shape index (κ2) is 6.65. The number of nitrogens with one attached hydrogen (secondary N) is 1. The summed E-state index contributed by atoms with van der Waals surface area (Å²) in [6.45, 7) is 0.608. The van der Waals surface area contributed by atoms with Crippen molar-refractivity contribution >= 4 is 15.9 Å². The molecule has 90 valence electrons. The molecule has 0 bridgehead atoms. The highest BCUT2D eigenvalue weighted by Gasteiger charge is 2.04. The molecule has 5 nitrogen and oxygen atoms in total. The molecule has 1 rings (SSSR count). The molecule has 1 aromatic heterocycles. The molecule has 0 amide bonds. The van der Waals surface area contributed by atoms with Crippen molar-refractivity contribution in [3.8, 4) is 0 Å². The molecule has 1 aromatic rings. The van der Waals surface area contributed by atoms with E-state index in [2.05, 4.69) is 20.9 Å². The molecule has 0 spiro atoms. The van der Waals surface area contributed by atoms with E-state index in [9.17, 15) is 9.59 Å².